The van der Waals surface area contributed by atoms with Gasteiger partial charge in [0.25, 0.3) is 0 Å². The van der Waals surface area contributed by atoms with Crippen molar-refractivity contribution in [2.45, 2.75) is 44.6 Å². The summed E-state index contributed by atoms with van der Waals surface area (Å²) in [6.45, 7) is 0.155. The number of rotatable bonds is 5. The van der Waals surface area contributed by atoms with E-state index in [1.807, 2.05) is 11.9 Å². The molecular weight excluding hydrogens is 252 g/mol. The van der Waals surface area contributed by atoms with Crippen LogP contribution >= 0.6 is 11.6 Å². The first-order chi connectivity index (χ1) is 8.56. The van der Waals surface area contributed by atoms with Crippen molar-refractivity contribution in [2.75, 3.05) is 26.5 Å². The molecule has 0 radical (unpaired) electrons. The third-order valence-corrected chi connectivity index (χ3v) is 3.81. The summed E-state index contributed by atoms with van der Waals surface area (Å²) in [4.78, 5) is 26.9. The number of halogens is 1. The summed E-state index contributed by atoms with van der Waals surface area (Å²) in [5.41, 5.74) is 0. The number of likely N-dealkylation sites (N-methyl/N-ethyl adjacent to an activating group) is 2. The molecule has 1 rings (SSSR count). The number of alkyl halides is 1. The fraction of sp³-hybridized carbons (Fsp3) is 0.846. The molecule has 0 atom stereocenters. The van der Waals surface area contributed by atoms with Gasteiger partial charge in [-0.15, -0.1) is 11.6 Å². The highest BCUT2D eigenvalue weighted by Crippen LogP contribution is 2.21. The number of carbonyl (C=O) groups excluding carboxylic acids is 2. The van der Waals surface area contributed by atoms with Gasteiger partial charge in [-0.3, -0.25) is 9.59 Å². The molecule has 18 heavy (non-hydrogen) atoms. The molecule has 0 unspecified atom stereocenters. The smallest absolute Gasteiger partial charge is 0.242 e. The monoisotopic (exact) mass is 274 g/mol. The summed E-state index contributed by atoms with van der Waals surface area (Å²) in [6, 6.07) is 0.350. The molecule has 0 heterocycles. The zero-order valence-corrected chi connectivity index (χ0v) is 12.1. The number of hydrogen-bond donors (Lipinski definition) is 0. The molecule has 0 saturated heterocycles. The Bertz CT molecular complexity index is 291. The molecule has 0 spiro atoms. The standard InChI is InChI=1S/C13H23ClN2O2/c1-15(12(17)8-9-14)10-13(18)16(2)11-6-4-3-5-7-11/h11H,3-10H2,1-2H3. The van der Waals surface area contributed by atoms with Crippen molar-refractivity contribution in [3.8, 4) is 0 Å². The van der Waals surface area contributed by atoms with Gasteiger partial charge in [0, 0.05) is 32.4 Å². The number of carbonyl (C=O) groups is 2. The van der Waals surface area contributed by atoms with Crippen LogP contribution in [0.4, 0.5) is 0 Å². The van der Waals surface area contributed by atoms with E-state index in [9.17, 15) is 9.59 Å². The quantitative estimate of drug-likeness (QED) is 0.718. The van der Waals surface area contributed by atoms with Gasteiger partial charge >= 0.3 is 0 Å². The molecule has 1 aliphatic rings. The van der Waals surface area contributed by atoms with E-state index < -0.39 is 0 Å². The molecule has 1 fully saturated rings. The van der Waals surface area contributed by atoms with E-state index in [-0.39, 0.29) is 18.4 Å². The Kier molecular flexibility index (Phi) is 6.47. The highest BCUT2D eigenvalue weighted by atomic mass is 35.5. The number of nitrogens with zero attached hydrogens (tertiary/aromatic N) is 2. The molecule has 0 aromatic carbocycles. The second-order valence-electron chi connectivity index (χ2n) is 4.99. The Balaban J connectivity index is 2.41. The lowest BCUT2D eigenvalue weighted by atomic mass is 9.94. The lowest BCUT2D eigenvalue weighted by molar-refractivity contribution is -0.140. The third kappa shape index (κ3) is 4.48. The molecule has 0 aromatic heterocycles. The summed E-state index contributed by atoms with van der Waals surface area (Å²) in [5.74, 6) is 0.248. The van der Waals surface area contributed by atoms with Gasteiger partial charge in [0.2, 0.25) is 11.8 Å². The zero-order valence-electron chi connectivity index (χ0n) is 11.3. The van der Waals surface area contributed by atoms with Crippen LogP contribution in [-0.2, 0) is 9.59 Å². The Hall–Kier alpha value is -0.770. The number of amides is 2. The van der Waals surface area contributed by atoms with Crippen LogP contribution in [-0.4, -0.2) is 54.2 Å². The third-order valence-electron chi connectivity index (χ3n) is 3.62. The molecular formula is C13H23ClN2O2. The first-order valence-electron chi connectivity index (χ1n) is 6.62. The maximum absolute atomic E-state index is 12.1. The summed E-state index contributed by atoms with van der Waals surface area (Å²) >= 11 is 5.52. The Morgan fingerprint density at radius 1 is 1.11 bits per heavy atom. The average molecular weight is 275 g/mol. The Morgan fingerprint density at radius 3 is 2.28 bits per heavy atom. The molecule has 0 bridgehead atoms. The van der Waals surface area contributed by atoms with Gasteiger partial charge in [0.15, 0.2) is 0 Å². The van der Waals surface area contributed by atoms with Crippen LogP contribution in [0.15, 0.2) is 0 Å². The summed E-state index contributed by atoms with van der Waals surface area (Å²) in [5, 5.41) is 0. The normalized spacial score (nSPS) is 16.4. The topological polar surface area (TPSA) is 40.6 Å². The molecule has 1 aliphatic carbocycles. The molecule has 2 amide bonds. The summed E-state index contributed by atoms with van der Waals surface area (Å²) < 4.78 is 0. The molecule has 4 nitrogen and oxygen atoms in total. The van der Waals surface area contributed by atoms with E-state index in [2.05, 4.69) is 0 Å². The lowest BCUT2D eigenvalue weighted by Gasteiger charge is -2.32. The SMILES string of the molecule is CN(CC(=O)N(C)C1CCCCC1)C(=O)CCCl. The second-order valence-corrected chi connectivity index (χ2v) is 5.36. The maximum Gasteiger partial charge on any atom is 0.242 e. The minimum absolute atomic E-state index is 0.0207. The van der Waals surface area contributed by atoms with E-state index >= 15 is 0 Å². The van der Waals surface area contributed by atoms with Crippen LogP contribution in [0.25, 0.3) is 0 Å². The maximum atomic E-state index is 12.1. The van der Waals surface area contributed by atoms with Crippen molar-refractivity contribution in [1.82, 2.24) is 9.80 Å². The van der Waals surface area contributed by atoms with Crippen molar-refractivity contribution in [1.29, 1.82) is 0 Å². The predicted molar refractivity (Wildman–Crippen MR) is 72.6 cm³/mol. The van der Waals surface area contributed by atoms with E-state index in [0.29, 0.717) is 18.3 Å². The average Bonchev–Trinajstić information content (AvgIpc) is 2.39. The minimum atomic E-state index is -0.0737. The highest BCUT2D eigenvalue weighted by molar-refractivity contribution is 6.18. The van der Waals surface area contributed by atoms with Crippen LogP contribution in [0, 0.1) is 0 Å². The fourth-order valence-electron chi connectivity index (χ4n) is 2.35. The van der Waals surface area contributed by atoms with Gasteiger partial charge in [-0.2, -0.15) is 0 Å². The molecule has 0 aliphatic heterocycles. The molecule has 0 N–H and O–H groups in total. The van der Waals surface area contributed by atoms with Gasteiger partial charge < -0.3 is 9.80 Å². The van der Waals surface area contributed by atoms with Gasteiger partial charge in [-0.05, 0) is 12.8 Å². The Labute approximate surface area is 114 Å². The van der Waals surface area contributed by atoms with E-state index in [4.69, 9.17) is 11.6 Å². The molecule has 5 heteroatoms. The van der Waals surface area contributed by atoms with Gasteiger partial charge in [0.1, 0.15) is 0 Å². The second kappa shape index (κ2) is 7.62. The van der Waals surface area contributed by atoms with Crippen molar-refractivity contribution in [2.24, 2.45) is 0 Å². The predicted octanol–water partition coefficient (Wildman–Crippen LogP) is 1.86. The van der Waals surface area contributed by atoms with Gasteiger partial charge in [-0.1, -0.05) is 19.3 Å². The summed E-state index contributed by atoms with van der Waals surface area (Å²) in [7, 11) is 3.50. The van der Waals surface area contributed by atoms with Crippen LogP contribution < -0.4 is 0 Å². The fourth-order valence-corrected chi connectivity index (χ4v) is 2.51. The van der Waals surface area contributed by atoms with Gasteiger partial charge in [-0.25, -0.2) is 0 Å². The van der Waals surface area contributed by atoms with Crippen molar-refractivity contribution >= 4 is 23.4 Å². The molecule has 1 saturated carbocycles. The zero-order chi connectivity index (χ0) is 13.5. The van der Waals surface area contributed by atoms with Crippen molar-refractivity contribution in [3.05, 3.63) is 0 Å². The first-order valence-corrected chi connectivity index (χ1v) is 7.15. The van der Waals surface area contributed by atoms with E-state index in [0.717, 1.165) is 12.8 Å². The molecule has 104 valence electrons. The van der Waals surface area contributed by atoms with Crippen LogP contribution in [0.3, 0.4) is 0 Å². The van der Waals surface area contributed by atoms with Crippen molar-refractivity contribution in [3.63, 3.8) is 0 Å². The van der Waals surface area contributed by atoms with Crippen molar-refractivity contribution < 1.29 is 9.59 Å². The largest absolute Gasteiger partial charge is 0.341 e. The van der Waals surface area contributed by atoms with E-state index in [1.54, 1.807) is 7.05 Å². The van der Waals surface area contributed by atoms with Crippen LogP contribution in [0.5, 0.6) is 0 Å². The van der Waals surface area contributed by atoms with Crippen LogP contribution in [0.2, 0.25) is 0 Å². The molecule has 0 aromatic rings. The van der Waals surface area contributed by atoms with E-state index in [1.165, 1.54) is 24.2 Å². The first kappa shape index (κ1) is 15.3. The highest BCUT2D eigenvalue weighted by Gasteiger charge is 2.23. The van der Waals surface area contributed by atoms with Gasteiger partial charge in [0.05, 0.1) is 6.54 Å². The summed E-state index contributed by atoms with van der Waals surface area (Å²) in [6.07, 6.45) is 6.13. The Morgan fingerprint density at radius 2 is 1.72 bits per heavy atom. The van der Waals surface area contributed by atoms with Crippen LogP contribution in [0.1, 0.15) is 38.5 Å². The lowest BCUT2D eigenvalue weighted by Crippen LogP contribution is -2.44. The number of hydrogen-bond acceptors (Lipinski definition) is 2. The minimum Gasteiger partial charge on any atom is -0.341 e.